The number of hydrogen-bond acceptors (Lipinski definition) is 3. The third-order valence-electron chi connectivity index (χ3n) is 3.19. The van der Waals surface area contributed by atoms with Gasteiger partial charge in [0.1, 0.15) is 17.5 Å². The van der Waals surface area contributed by atoms with E-state index in [0.717, 1.165) is 11.0 Å². The van der Waals surface area contributed by atoms with Crippen LogP contribution >= 0.6 is 11.8 Å². The van der Waals surface area contributed by atoms with E-state index in [4.69, 9.17) is 5.11 Å². The highest BCUT2D eigenvalue weighted by Crippen LogP contribution is 2.23. The van der Waals surface area contributed by atoms with Crippen LogP contribution in [0, 0.1) is 18.6 Å². The number of carboxylic acids is 1. The Kier molecular flexibility index (Phi) is 4.66. The molecule has 1 aliphatic heterocycles. The molecule has 2 amide bonds. The van der Waals surface area contributed by atoms with Gasteiger partial charge in [0.05, 0.1) is 0 Å². The van der Waals surface area contributed by atoms with Crippen molar-refractivity contribution in [2.75, 3.05) is 23.4 Å². The molecule has 0 aromatic heterocycles. The number of carbonyl (C=O) groups excluding carboxylic acids is 1. The lowest BCUT2D eigenvalue weighted by Gasteiger charge is -2.32. The normalized spacial score (nSPS) is 18.4. The number of benzene rings is 1. The summed E-state index contributed by atoms with van der Waals surface area (Å²) in [6, 6.07) is 0.498. The van der Waals surface area contributed by atoms with Crippen molar-refractivity contribution in [1.82, 2.24) is 4.90 Å². The van der Waals surface area contributed by atoms with Gasteiger partial charge in [-0.1, -0.05) is 6.07 Å². The van der Waals surface area contributed by atoms with E-state index in [0.29, 0.717) is 5.75 Å². The summed E-state index contributed by atoms with van der Waals surface area (Å²) in [5.41, 5.74) is -0.363. The molecule has 1 aromatic rings. The second-order valence-corrected chi connectivity index (χ2v) is 5.76. The minimum atomic E-state index is -1.14. The van der Waals surface area contributed by atoms with Gasteiger partial charge in [-0.15, -0.1) is 0 Å². The van der Waals surface area contributed by atoms with E-state index < -0.39 is 35.4 Å². The predicted molar refractivity (Wildman–Crippen MR) is 75.6 cm³/mol. The van der Waals surface area contributed by atoms with Crippen molar-refractivity contribution in [1.29, 1.82) is 0 Å². The van der Waals surface area contributed by atoms with Gasteiger partial charge in [0.2, 0.25) is 0 Å². The second-order valence-electron chi connectivity index (χ2n) is 4.61. The molecule has 5 nitrogen and oxygen atoms in total. The summed E-state index contributed by atoms with van der Waals surface area (Å²) in [6.07, 6.45) is 0. The Bertz CT molecular complexity index is 583. The monoisotopic (exact) mass is 316 g/mol. The lowest BCUT2D eigenvalue weighted by atomic mass is 10.2. The smallest absolute Gasteiger partial charge is 0.327 e. The number of urea groups is 1. The third kappa shape index (κ3) is 3.26. The number of nitrogens with zero attached hydrogens (tertiary/aromatic N) is 1. The largest absolute Gasteiger partial charge is 0.480 e. The van der Waals surface area contributed by atoms with E-state index in [1.165, 1.54) is 24.8 Å². The number of amides is 2. The summed E-state index contributed by atoms with van der Waals surface area (Å²) in [5.74, 6) is -2.06. The zero-order valence-corrected chi connectivity index (χ0v) is 12.0. The van der Waals surface area contributed by atoms with Crippen LogP contribution in [0.25, 0.3) is 0 Å². The average Bonchev–Trinajstić information content (AvgIpc) is 2.47. The number of hydrogen-bond donors (Lipinski definition) is 2. The van der Waals surface area contributed by atoms with E-state index in [-0.39, 0.29) is 17.9 Å². The minimum absolute atomic E-state index is 0.190. The van der Waals surface area contributed by atoms with E-state index in [9.17, 15) is 18.4 Å². The zero-order chi connectivity index (χ0) is 15.6. The molecule has 1 aromatic carbocycles. The van der Waals surface area contributed by atoms with Gasteiger partial charge >= 0.3 is 12.0 Å². The lowest BCUT2D eigenvalue weighted by Crippen LogP contribution is -2.52. The molecule has 0 bridgehead atoms. The maximum atomic E-state index is 13.9. The van der Waals surface area contributed by atoms with Gasteiger partial charge in [-0.2, -0.15) is 11.8 Å². The molecule has 21 heavy (non-hydrogen) atoms. The number of halogens is 2. The molecule has 2 rings (SSSR count). The highest BCUT2D eigenvalue weighted by atomic mass is 32.2. The van der Waals surface area contributed by atoms with E-state index in [1.54, 1.807) is 0 Å². The third-order valence-corrected chi connectivity index (χ3v) is 4.21. The molecule has 0 radical (unpaired) electrons. The Labute approximate surface area is 124 Å². The molecule has 1 atom stereocenters. The van der Waals surface area contributed by atoms with Crippen LogP contribution in [0.1, 0.15) is 5.56 Å². The molecule has 1 aliphatic rings. The highest BCUT2D eigenvalue weighted by molar-refractivity contribution is 7.99. The fourth-order valence-electron chi connectivity index (χ4n) is 2.00. The highest BCUT2D eigenvalue weighted by Gasteiger charge is 2.33. The van der Waals surface area contributed by atoms with Crippen molar-refractivity contribution >= 4 is 29.4 Å². The van der Waals surface area contributed by atoms with Gasteiger partial charge in [0.15, 0.2) is 5.82 Å². The number of anilines is 1. The molecule has 1 saturated heterocycles. The fourth-order valence-corrected chi connectivity index (χ4v) is 3.04. The summed E-state index contributed by atoms with van der Waals surface area (Å²) in [4.78, 5) is 24.3. The standard InChI is InChI=1S/C13H14F2N2O3S/c1-7-2-3-8(14)11(10(7)15)16-13(20)17-4-5-21-6-9(17)12(18)19/h2-3,9H,4-6H2,1H3,(H,16,20)(H,18,19). The van der Waals surface area contributed by atoms with Gasteiger partial charge in [-0.05, 0) is 18.6 Å². The van der Waals surface area contributed by atoms with Crippen LogP contribution in [0.15, 0.2) is 12.1 Å². The molecule has 1 heterocycles. The van der Waals surface area contributed by atoms with Crippen molar-refractivity contribution < 1.29 is 23.5 Å². The van der Waals surface area contributed by atoms with Crippen molar-refractivity contribution in [2.24, 2.45) is 0 Å². The zero-order valence-electron chi connectivity index (χ0n) is 11.2. The second kappa shape index (κ2) is 6.30. The van der Waals surface area contributed by atoms with Crippen LogP contribution in [-0.2, 0) is 4.79 Å². The topological polar surface area (TPSA) is 69.6 Å². The summed E-state index contributed by atoms with van der Waals surface area (Å²) >= 11 is 1.42. The first-order chi connectivity index (χ1) is 9.91. The lowest BCUT2D eigenvalue weighted by molar-refractivity contribution is -0.141. The predicted octanol–water partition coefficient (Wildman–Crippen LogP) is 2.31. The summed E-state index contributed by atoms with van der Waals surface area (Å²) in [5, 5.41) is 11.2. The number of thioether (sulfide) groups is 1. The molecule has 0 saturated carbocycles. The van der Waals surface area contributed by atoms with E-state index in [1.807, 2.05) is 0 Å². The van der Waals surface area contributed by atoms with Crippen LogP contribution < -0.4 is 5.32 Å². The first kappa shape index (κ1) is 15.6. The van der Waals surface area contributed by atoms with Gasteiger partial charge < -0.3 is 15.3 Å². The van der Waals surface area contributed by atoms with Crippen molar-refractivity contribution in [3.63, 3.8) is 0 Å². The number of aryl methyl sites for hydroxylation is 1. The van der Waals surface area contributed by atoms with Crippen molar-refractivity contribution in [2.45, 2.75) is 13.0 Å². The molecule has 1 fully saturated rings. The Morgan fingerprint density at radius 3 is 2.81 bits per heavy atom. The van der Waals surface area contributed by atoms with E-state index in [2.05, 4.69) is 5.32 Å². The van der Waals surface area contributed by atoms with E-state index >= 15 is 0 Å². The van der Waals surface area contributed by atoms with Crippen LogP contribution in [0.2, 0.25) is 0 Å². The molecule has 0 aliphatic carbocycles. The molecular weight excluding hydrogens is 302 g/mol. The maximum Gasteiger partial charge on any atom is 0.327 e. The van der Waals surface area contributed by atoms with Gasteiger partial charge in [0.25, 0.3) is 0 Å². The summed E-state index contributed by atoms with van der Waals surface area (Å²) in [7, 11) is 0. The molecular formula is C13H14F2N2O3S. The molecule has 0 spiro atoms. The van der Waals surface area contributed by atoms with Crippen LogP contribution in [-0.4, -0.2) is 46.1 Å². The average molecular weight is 316 g/mol. The van der Waals surface area contributed by atoms with Crippen molar-refractivity contribution in [3.05, 3.63) is 29.3 Å². The molecule has 2 N–H and O–H groups in total. The summed E-state index contributed by atoms with van der Waals surface area (Å²) < 4.78 is 27.5. The quantitative estimate of drug-likeness (QED) is 0.878. The number of nitrogens with one attached hydrogen (secondary N) is 1. The van der Waals surface area contributed by atoms with Gasteiger partial charge in [-0.3, -0.25) is 0 Å². The Morgan fingerprint density at radius 2 is 2.14 bits per heavy atom. The number of aliphatic carboxylic acids is 1. The Balaban J connectivity index is 2.21. The van der Waals surface area contributed by atoms with Gasteiger partial charge in [-0.25, -0.2) is 18.4 Å². The minimum Gasteiger partial charge on any atom is -0.480 e. The molecule has 1 unspecified atom stereocenters. The fraction of sp³-hybridized carbons (Fsp3) is 0.385. The van der Waals surface area contributed by atoms with Gasteiger partial charge in [0, 0.05) is 18.1 Å². The summed E-state index contributed by atoms with van der Waals surface area (Å²) in [6.45, 7) is 1.66. The molecule has 8 heteroatoms. The Hall–Kier alpha value is -1.83. The molecule has 114 valence electrons. The number of carboxylic acid groups (broad SMARTS) is 1. The van der Waals surface area contributed by atoms with Crippen LogP contribution in [0.4, 0.5) is 19.3 Å². The Morgan fingerprint density at radius 1 is 1.43 bits per heavy atom. The van der Waals surface area contributed by atoms with Crippen LogP contribution in [0.5, 0.6) is 0 Å². The first-order valence-electron chi connectivity index (χ1n) is 6.24. The van der Waals surface area contributed by atoms with Crippen molar-refractivity contribution in [3.8, 4) is 0 Å². The SMILES string of the molecule is Cc1ccc(F)c(NC(=O)N2CCSCC2C(=O)O)c1F. The number of carbonyl (C=O) groups is 2. The number of rotatable bonds is 2. The maximum absolute atomic E-state index is 13.9. The first-order valence-corrected chi connectivity index (χ1v) is 7.40. The van der Waals surface area contributed by atoms with Crippen LogP contribution in [0.3, 0.4) is 0 Å².